The van der Waals surface area contributed by atoms with Gasteiger partial charge in [0.05, 0.1) is 16.8 Å². The number of carbonyl (C=O) groups excluding carboxylic acids is 1. The van der Waals surface area contributed by atoms with E-state index in [2.05, 4.69) is 10.1 Å². The molecule has 2 aromatic heterocycles. The van der Waals surface area contributed by atoms with Crippen LogP contribution in [0.1, 0.15) is 51.8 Å². The number of amides is 1. The normalized spacial score (nSPS) is 17.8. The third-order valence-electron chi connectivity index (χ3n) is 6.18. The molecule has 6 heteroatoms. The fourth-order valence-electron chi connectivity index (χ4n) is 4.19. The van der Waals surface area contributed by atoms with Gasteiger partial charge in [-0.3, -0.25) is 14.7 Å². The van der Waals surface area contributed by atoms with Crippen LogP contribution in [0.3, 0.4) is 0 Å². The fraction of sp³-hybridized carbons (Fsp3) is 0.435. The molecule has 0 bridgehead atoms. The Morgan fingerprint density at radius 3 is 2.59 bits per heavy atom. The SMILES string of the molecule is Cc1noc(C)c1CN1CCN(C(=O)c2cc(C3CC3)nc3ccccc23)CC1. The lowest BCUT2D eigenvalue weighted by Gasteiger charge is -2.35. The summed E-state index contributed by atoms with van der Waals surface area (Å²) in [5.41, 5.74) is 4.92. The Balaban J connectivity index is 1.33. The number of rotatable bonds is 4. The van der Waals surface area contributed by atoms with E-state index < -0.39 is 0 Å². The number of carbonyl (C=O) groups is 1. The number of pyridine rings is 1. The molecular formula is C23H26N4O2. The molecule has 3 heterocycles. The third kappa shape index (κ3) is 3.53. The molecule has 2 fully saturated rings. The molecule has 0 atom stereocenters. The van der Waals surface area contributed by atoms with Crippen LogP contribution in [0.5, 0.6) is 0 Å². The Bertz CT molecular complexity index is 1040. The van der Waals surface area contributed by atoms with Crippen molar-refractivity contribution in [2.75, 3.05) is 26.2 Å². The first kappa shape index (κ1) is 18.3. The van der Waals surface area contributed by atoms with Crippen LogP contribution in [0, 0.1) is 13.8 Å². The minimum atomic E-state index is 0.127. The van der Waals surface area contributed by atoms with Crippen molar-refractivity contribution in [2.24, 2.45) is 0 Å². The number of para-hydroxylation sites is 1. The monoisotopic (exact) mass is 390 g/mol. The van der Waals surface area contributed by atoms with E-state index in [1.54, 1.807) is 0 Å². The highest BCUT2D eigenvalue weighted by molar-refractivity contribution is 6.06. The van der Waals surface area contributed by atoms with Crippen molar-refractivity contribution in [3.05, 3.63) is 58.6 Å². The number of fused-ring (bicyclic) bond motifs is 1. The highest BCUT2D eigenvalue weighted by Crippen LogP contribution is 2.40. The summed E-state index contributed by atoms with van der Waals surface area (Å²) in [6, 6.07) is 10.0. The van der Waals surface area contributed by atoms with Crippen LogP contribution < -0.4 is 0 Å². The number of hydrogen-bond acceptors (Lipinski definition) is 5. The van der Waals surface area contributed by atoms with Gasteiger partial charge in [0.1, 0.15) is 5.76 Å². The van der Waals surface area contributed by atoms with Crippen molar-refractivity contribution >= 4 is 16.8 Å². The lowest BCUT2D eigenvalue weighted by Crippen LogP contribution is -2.48. The molecule has 1 aliphatic carbocycles. The van der Waals surface area contributed by atoms with Gasteiger partial charge in [-0.05, 0) is 38.8 Å². The van der Waals surface area contributed by atoms with Gasteiger partial charge in [-0.2, -0.15) is 0 Å². The Labute approximate surface area is 170 Å². The van der Waals surface area contributed by atoms with Gasteiger partial charge in [0.15, 0.2) is 0 Å². The van der Waals surface area contributed by atoms with Crippen molar-refractivity contribution < 1.29 is 9.32 Å². The number of benzene rings is 1. The summed E-state index contributed by atoms with van der Waals surface area (Å²) in [7, 11) is 0. The van der Waals surface area contributed by atoms with Crippen molar-refractivity contribution in [1.82, 2.24) is 19.9 Å². The maximum absolute atomic E-state index is 13.4. The Morgan fingerprint density at radius 1 is 1.14 bits per heavy atom. The topological polar surface area (TPSA) is 62.5 Å². The maximum Gasteiger partial charge on any atom is 0.254 e. The molecule has 1 aliphatic heterocycles. The molecular weight excluding hydrogens is 364 g/mol. The molecule has 1 aromatic carbocycles. The lowest BCUT2D eigenvalue weighted by molar-refractivity contribution is 0.0629. The molecule has 1 amide bonds. The highest BCUT2D eigenvalue weighted by Gasteiger charge is 2.29. The van der Waals surface area contributed by atoms with E-state index in [9.17, 15) is 4.79 Å². The second kappa shape index (κ2) is 7.26. The van der Waals surface area contributed by atoms with Gasteiger partial charge in [-0.15, -0.1) is 0 Å². The molecule has 1 saturated carbocycles. The lowest BCUT2D eigenvalue weighted by atomic mass is 10.0. The van der Waals surface area contributed by atoms with E-state index in [0.717, 1.165) is 66.3 Å². The molecule has 0 radical (unpaired) electrons. The zero-order valence-corrected chi connectivity index (χ0v) is 17.0. The van der Waals surface area contributed by atoms with Crippen LogP contribution in [-0.2, 0) is 6.54 Å². The van der Waals surface area contributed by atoms with Gasteiger partial charge in [0, 0.05) is 55.3 Å². The number of aromatic nitrogens is 2. The number of hydrogen-bond donors (Lipinski definition) is 0. The smallest absolute Gasteiger partial charge is 0.254 e. The second-order valence-electron chi connectivity index (χ2n) is 8.26. The first-order valence-electron chi connectivity index (χ1n) is 10.4. The summed E-state index contributed by atoms with van der Waals surface area (Å²) in [5.74, 6) is 1.54. The second-order valence-corrected chi connectivity index (χ2v) is 8.26. The van der Waals surface area contributed by atoms with Crippen molar-refractivity contribution in [1.29, 1.82) is 0 Å². The molecule has 29 heavy (non-hydrogen) atoms. The Hall–Kier alpha value is -2.73. The van der Waals surface area contributed by atoms with Crippen molar-refractivity contribution in [3.8, 4) is 0 Å². The molecule has 3 aromatic rings. The van der Waals surface area contributed by atoms with E-state index in [1.807, 2.05) is 49.1 Å². The van der Waals surface area contributed by atoms with E-state index >= 15 is 0 Å². The largest absolute Gasteiger partial charge is 0.361 e. The zero-order chi connectivity index (χ0) is 20.0. The summed E-state index contributed by atoms with van der Waals surface area (Å²) in [6.07, 6.45) is 2.36. The van der Waals surface area contributed by atoms with Crippen LogP contribution in [0.4, 0.5) is 0 Å². The first-order valence-corrected chi connectivity index (χ1v) is 10.4. The van der Waals surface area contributed by atoms with Gasteiger partial charge in [0.25, 0.3) is 5.91 Å². The predicted molar refractivity (Wildman–Crippen MR) is 111 cm³/mol. The standard InChI is InChI=1S/C23H26N4O2/c1-15-20(16(2)29-25-15)14-26-9-11-27(12-10-26)23(28)19-13-22(17-7-8-17)24-21-6-4-3-5-18(19)21/h3-6,13,17H,7-12,14H2,1-2H3. The van der Waals surface area contributed by atoms with Crippen LogP contribution in [0.2, 0.25) is 0 Å². The van der Waals surface area contributed by atoms with Gasteiger partial charge in [-0.25, -0.2) is 0 Å². The van der Waals surface area contributed by atoms with E-state index in [1.165, 1.54) is 18.4 Å². The highest BCUT2D eigenvalue weighted by atomic mass is 16.5. The average molecular weight is 390 g/mol. The maximum atomic E-state index is 13.4. The summed E-state index contributed by atoms with van der Waals surface area (Å²) in [4.78, 5) is 22.6. The summed E-state index contributed by atoms with van der Waals surface area (Å²) >= 11 is 0. The fourth-order valence-corrected chi connectivity index (χ4v) is 4.19. The molecule has 2 aliphatic rings. The molecule has 1 saturated heterocycles. The van der Waals surface area contributed by atoms with Gasteiger partial charge in [-0.1, -0.05) is 23.4 Å². The number of piperazine rings is 1. The molecule has 5 rings (SSSR count). The number of aryl methyl sites for hydroxylation is 2. The summed E-state index contributed by atoms with van der Waals surface area (Å²) in [5, 5.41) is 5.01. The molecule has 0 spiro atoms. The Morgan fingerprint density at radius 2 is 1.90 bits per heavy atom. The average Bonchev–Trinajstić information content (AvgIpc) is 3.55. The van der Waals surface area contributed by atoms with Gasteiger partial charge in [0.2, 0.25) is 0 Å². The minimum Gasteiger partial charge on any atom is -0.361 e. The molecule has 6 nitrogen and oxygen atoms in total. The van der Waals surface area contributed by atoms with E-state index in [-0.39, 0.29) is 5.91 Å². The molecule has 0 N–H and O–H groups in total. The molecule has 150 valence electrons. The third-order valence-corrected chi connectivity index (χ3v) is 6.18. The number of nitrogens with zero attached hydrogens (tertiary/aromatic N) is 4. The van der Waals surface area contributed by atoms with Gasteiger partial charge < -0.3 is 9.42 Å². The summed E-state index contributed by atoms with van der Waals surface area (Å²) in [6.45, 7) is 7.95. The first-order chi connectivity index (χ1) is 14.1. The van der Waals surface area contributed by atoms with E-state index in [0.29, 0.717) is 5.92 Å². The van der Waals surface area contributed by atoms with Gasteiger partial charge >= 0.3 is 0 Å². The van der Waals surface area contributed by atoms with Crippen LogP contribution in [0.15, 0.2) is 34.9 Å². The van der Waals surface area contributed by atoms with Crippen LogP contribution >= 0.6 is 0 Å². The quantitative estimate of drug-likeness (QED) is 0.680. The Kier molecular flexibility index (Phi) is 4.59. The van der Waals surface area contributed by atoms with Crippen molar-refractivity contribution in [2.45, 2.75) is 39.2 Å². The minimum absolute atomic E-state index is 0.127. The van der Waals surface area contributed by atoms with Crippen LogP contribution in [-0.4, -0.2) is 52.0 Å². The van der Waals surface area contributed by atoms with Crippen molar-refractivity contribution in [3.63, 3.8) is 0 Å². The predicted octanol–water partition coefficient (Wildman–Crippen LogP) is 3.68. The summed E-state index contributed by atoms with van der Waals surface area (Å²) < 4.78 is 5.28. The zero-order valence-electron chi connectivity index (χ0n) is 17.0. The van der Waals surface area contributed by atoms with Crippen LogP contribution in [0.25, 0.3) is 10.9 Å². The molecule has 0 unspecified atom stereocenters. The van der Waals surface area contributed by atoms with E-state index in [4.69, 9.17) is 9.51 Å².